The van der Waals surface area contributed by atoms with Gasteiger partial charge < -0.3 is 9.59 Å². The van der Waals surface area contributed by atoms with E-state index < -0.39 is 0 Å². The second kappa shape index (κ2) is 38.7. The molecule has 0 saturated heterocycles. The van der Waals surface area contributed by atoms with Crippen LogP contribution in [0.4, 0.5) is 0 Å². The molecule has 0 aliphatic heterocycles. The molecule has 0 unspecified atom stereocenters. The molecule has 0 aliphatic carbocycles. The van der Waals surface area contributed by atoms with Gasteiger partial charge in [0, 0.05) is 16.5 Å². The minimum atomic E-state index is 0. The van der Waals surface area contributed by atoms with E-state index in [9.17, 15) is 0 Å². The molecule has 0 atom stereocenters. The SMILES string of the molecule is C=O.C=O.CP(C)C.CP(C)C.[Ni]. The Morgan fingerprint density at radius 2 is 0.615 bits per heavy atom. The van der Waals surface area contributed by atoms with Crippen molar-refractivity contribution in [3.8, 4) is 0 Å². The Morgan fingerprint density at radius 1 is 0.615 bits per heavy atom. The van der Waals surface area contributed by atoms with Crippen LogP contribution in [0.1, 0.15) is 0 Å². The number of carbonyl (C=O) groups excluding carboxylic acids is 2. The van der Waals surface area contributed by atoms with Crippen molar-refractivity contribution in [1.29, 1.82) is 0 Å². The van der Waals surface area contributed by atoms with Gasteiger partial charge in [-0.2, -0.15) is 0 Å². The van der Waals surface area contributed by atoms with Gasteiger partial charge in [0.1, 0.15) is 13.6 Å². The monoisotopic (exact) mass is 270 g/mol. The summed E-state index contributed by atoms with van der Waals surface area (Å²) in [5.74, 6) is 0. The van der Waals surface area contributed by atoms with Crippen LogP contribution in [0, 0.1) is 0 Å². The third-order valence-electron chi connectivity index (χ3n) is 0. The molecule has 0 N–H and O–H groups in total. The van der Waals surface area contributed by atoms with Gasteiger partial charge >= 0.3 is 0 Å². The summed E-state index contributed by atoms with van der Waals surface area (Å²) in [6.07, 6.45) is 0. The topological polar surface area (TPSA) is 34.1 Å². The van der Waals surface area contributed by atoms with Gasteiger partial charge in [0.25, 0.3) is 0 Å². The molecule has 0 aromatic heterocycles. The van der Waals surface area contributed by atoms with Crippen molar-refractivity contribution in [2.45, 2.75) is 0 Å². The van der Waals surface area contributed by atoms with Crippen molar-refractivity contribution in [2.24, 2.45) is 0 Å². The summed E-state index contributed by atoms with van der Waals surface area (Å²) in [5.41, 5.74) is 0. The van der Waals surface area contributed by atoms with E-state index in [-0.39, 0.29) is 16.5 Å². The maximum Gasteiger partial charge on any atom is 0.106 e. The van der Waals surface area contributed by atoms with Crippen molar-refractivity contribution >= 4 is 29.4 Å². The van der Waals surface area contributed by atoms with Gasteiger partial charge in [-0.25, -0.2) is 0 Å². The molecule has 0 radical (unpaired) electrons. The molecule has 0 aromatic carbocycles. The van der Waals surface area contributed by atoms with Gasteiger partial charge in [0.05, 0.1) is 0 Å². The Morgan fingerprint density at radius 3 is 0.615 bits per heavy atom. The van der Waals surface area contributed by atoms with E-state index in [0.29, 0.717) is 15.8 Å². The fourth-order valence-corrected chi connectivity index (χ4v) is 0. The predicted octanol–water partition coefficient (Wildman–Crippen LogP) is 2.34. The van der Waals surface area contributed by atoms with Gasteiger partial charge in [-0.15, -0.1) is 15.8 Å². The zero-order valence-electron chi connectivity index (χ0n) is 9.44. The number of hydrogen-bond acceptors (Lipinski definition) is 2. The van der Waals surface area contributed by atoms with Crippen LogP contribution in [-0.2, 0) is 26.1 Å². The quantitative estimate of drug-likeness (QED) is 0.500. The molecule has 0 aromatic rings. The third kappa shape index (κ3) is 3020. The summed E-state index contributed by atoms with van der Waals surface area (Å²) < 4.78 is 0. The average Bonchev–Trinajstić information content (AvgIpc) is 1.93. The van der Waals surface area contributed by atoms with Gasteiger partial charge in [0.2, 0.25) is 0 Å². The van der Waals surface area contributed by atoms with Crippen LogP contribution in [0.5, 0.6) is 0 Å². The first-order valence-electron chi connectivity index (χ1n) is 3.26. The molecular formula is C8H22NiO2P2. The van der Waals surface area contributed by atoms with E-state index in [1.54, 1.807) is 0 Å². The molecule has 0 heterocycles. The predicted molar refractivity (Wildman–Crippen MR) is 63.6 cm³/mol. The molecule has 5 heteroatoms. The zero-order valence-corrected chi connectivity index (χ0v) is 12.2. The Kier molecular flexibility index (Phi) is 87.0. The summed E-state index contributed by atoms with van der Waals surface area (Å²) in [7, 11) is 0.759. The molecule has 0 rings (SSSR count). The minimum Gasteiger partial charge on any atom is -0.307 e. The average molecular weight is 271 g/mol. The molecule has 0 spiro atoms. The summed E-state index contributed by atoms with van der Waals surface area (Å²) in [6.45, 7) is 17.4. The summed E-state index contributed by atoms with van der Waals surface area (Å²) >= 11 is 0. The van der Waals surface area contributed by atoms with E-state index in [4.69, 9.17) is 9.59 Å². The molecule has 0 aliphatic rings. The van der Waals surface area contributed by atoms with E-state index >= 15 is 0 Å². The van der Waals surface area contributed by atoms with Crippen molar-refractivity contribution in [3.63, 3.8) is 0 Å². The largest absolute Gasteiger partial charge is 0.307 e. The Balaban J connectivity index is -0.0000000226. The Bertz CT molecular complexity index is 50.6. The van der Waals surface area contributed by atoms with Gasteiger partial charge in [0.15, 0.2) is 0 Å². The van der Waals surface area contributed by atoms with E-state index in [2.05, 4.69) is 40.0 Å². The summed E-state index contributed by atoms with van der Waals surface area (Å²) in [6, 6.07) is 0. The maximum atomic E-state index is 8.00. The van der Waals surface area contributed by atoms with Crippen LogP contribution in [0.25, 0.3) is 0 Å². The standard InChI is InChI=1S/2C3H9P.2CH2O.Ni/c2*1-4(2)3;2*1-2;/h2*1-3H3;2*1H2;. The molecule has 86 valence electrons. The van der Waals surface area contributed by atoms with Crippen LogP contribution < -0.4 is 0 Å². The number of carbonyl (C=O) groups is 2. The van der Waals surface area contributed by atoms with Crippen LogP contribution >= 0.6 is 15.8 Å². The summed E-state index contributed by atoms with van der Waals surface area (Å²) in [4.78, 5) is 16.0. The number of rotatable bonds is 0. The Labute approximate surface area is 95.7 Å². The van der Waals surface area contributed by atoms with E-state index in [1.807, 2.05) is 13.6 Å². The van der Waals surface area contributed by atoms with Crippen molar-refractivity contribution < 1.29 is 26.1 Å². The smallest absolute Gasteiger partial charge is 0.106 e. The molecule has 2 nitrogen and oxygen atoms in total. The van der Waals surface area contributed by atoms with Crippen molar-refractivity contribution in [3.05, 3.63) is 0 Å². The number of hydrogen-bond donors (Lipinski definition) is 0. The molecular weight excluding hydrogens is 249 g/mol. The van der Waals surface area contributed by atoms with Crippen LogP contribution in [0.15, 0.2) is 0 Å². The third-order valence-corrected chi connectivity index (χ3v) is 0. The van der Waals surface area contributed by atoms with Crippen LogP contribution in [0.2, 0.25) is 0 Å². The fourth-order valence-electron chi connectivity index (χ4n) is 0. The Hall–Kier alpha value is 0.694. The normalized spacial score (nSPS) is 6.15. The van der Waals surface area contributed by atoms with Crippen molar-refractivity contribution in [2.75, 3.05) is 40.0 Å². The van der Waals surface area contributed by atoms with Gasteiger partial charge in [-0.1, -0.05) is 0 Å². The zero-order chi connectivity index (χ0) is 11.2. The first-order valence-corrected chi connectivity index (χ1v) is 8.63. The van der Waals surface area contributed by atoms with Gasteiger partial charge in [-0.3, -0.25) is 0 Å². The first-order chi connectivity index (χ1) is 5.46. The van der Waals surface area contributed by atoms with E-state index in [1.165, 1.54) is 0 Å². The van der Waals surface area contributed by atoms with Crippen molar-refractivity contribution in [1.82, 2.24) is 0 Å². The first kappa shape index (κ1) is 29.2. The van der Waals surface area contributed by atoms with Gasteiger partial charge in [-0.05, 0) is 40.0 Å². The molecule has 0 saturated carbocycles. The maximum absolute atomic E-state index is 8.00. The fraction of sp³-hybridized carbons (Fsp3) is 0.750. The molecule has 0 bridgehead atoms. The summed E-state index contributed by atoms with van der Waals surface area (Å²) in [5, 5.41) is 0. The minimum absolute atomic E-state index is 0. The second-order valence-corrected chi connectivity index (χ2v) is 8.05. The second-order valence-electron chi connectivity index (χ2n) is 2.68. The molecule has 0 fully saturated rings. The van der Waals surface area contributed by atoms with Crippen LogP contribution in [0.3, 0.4) is 0 Å². The molecule has 0 amide bonds. The van der Waals surface area contributed by atoms with E-state index in [0.717, 1.165) is 0 Å². The van der Waals surface area contributed by atoms with Crippen LogP contribution in [-0.4, -0.2) is 53.6 Å². The molecule has 13 heavy (non-hydrogen) atoms.